The minimum absolute atomic E-state index is 0.0528. The number of hydrogen-bond donors (Lipinski definition) is 2. The van der Waals surface area contributed by atoms with Crippen LogP contribution in [0, 0.1) is 5.41 Å². The molecule has 0 aromatic heterocycles. The van der Waals surface area contributed by atoms with Gasteiger partial charge in [0.2, 0.25) is 0 Å². The Kier molecular flexibility index (Phi) is 7.76. The summed E-state index contributed by atoms with van der Waals surface area (Å²) < 4.78 is 0. The Morgan fingerprint density at radius 1 is 1.32 bits per heavy atom. The number of nitrogens with zero attached hydrogens (tertiary/aromatic N) is 1. The number of rotatable bonds is 8. The maximum absolute atomic E-state index is 12.4. The molecule has 2 amide bonds. The molecule has 0 saturated heterocycles. The Morgan fingerprint density at radius 2 is 1.95 bits per heavy atom. The van der Waals surface area contributed by atoms with E-state index in [1.54, 1.807) is 11.8 Å². The summed E-state index contributed by atoms with van der Waals surface area (Å²) in [4.78, 5) is 15.4. The van der Waals surface area contributed by atoms with Crippen molar-refractivity contribution in [2.75, 3.05) is 26.0 Å². The highest BCUT2D eigenvalue weighted by atomic mass is 32.2. The van der Waals surface area contributed by atoms with Crippen LogP contribution in [0.15, 0.2) is 29.2 Å². The van der Waals surface area contributed by atoms with Gasteiger partial charge < -0.3 is 15.3 Å². The number of thioether (sulfide) groups is 1. The molecule has 0 radical (unpaired) electrons. The summed E-state index contributed by atoms with van der Waals surface area (Å²) >= 11 is 1.71. The number of hydrogen-bond acceptors (Lipinski definition) is 3. The fourth-order valence-corrected chi connectivity index (χ4v) is 2.36. The summed E-state index contributed by atoms with van der Waals surface area (Å²) in [6.45, 7) is 7.76. The molecular weight excluding hydrogens is 296 g/mol. The number of carbonyl (C=O) groups excluding carboxylic acids is 1. The monoisotopic (exact) mass is 324 g/mol. The number of aliphatic hydroxyl groups excluding tert-OH is 1. The predicted molar refractivity (Wildman–Crippen MR) is 93.2 cm³/mol. The van der Waals surface area contributed by atoms with E-state index >= 15 is 0 Å². The van der Waals surface area contributed by atoms with E-state index in [2.05, 4.69) is 42.8 Å². The molecule has 1 rings (SSSR count). The van der Waals surface area contributed by atoms with Crippen molar-refractivity contribution in [3.8, 4) is 0 Å². The molecule has 0 fully saturated rings. The van der Waals surface area contributed by atoms with Crippen LogP contribution in [0.25, 0.3) is 0 Å². The van der Waals surface area contributed by atoms with Gasteiger partial charge in [-0.15, -0.1) is 11.8 Å². The third-order valence-corrected chi connectivity index (χ3v) is 4.20. The van der Waals surface area contributed by atoms with Crippen molar-refractivity contribution in [2.45, 2.75) is 38.6 Å². The van der Waals surface area contributed by atoms with Crippen LogP contribution < -0.4 is 5.32 Å². The fraction of sp³-hybridized carbons (Fsp3) is 0.588. The second-order valence-corrected chi connectivity index (χ2v) is 7.13. The Bertz CT molecular complexity index is 460. The Morgan fingerprint density at radius 3 is 2.45 bits per heavy atom. The highest BCUT2D eigenvalue weighted by molar-refractivity contribution is 7.98. The lowest BCUT2D eigenvalue weighted by Crippen LogP contribution is -2.44. The molecule has 0 aliphatic rings. The average molecular weight is 324 g/mol. The van der Waals surface area contributed by atoms with Crippen LogP contribution >= 0.6 is 11.8 Å². The van der Waals surface area contributed by atoms with Gasteiger partial charge in [-0.1, -0.05) is 32.9 Å². The van der Waals surface area contributed by atoms with Crippen molar-refractivity contribution in [1.82, 2.24) is 10.2 Å². The Balaban J connectivity index is 2.65. The topological polar surface area (TPSA) is 52.6 Å². The first-order valence-corrected chi connectivity index (χ1v) is 8.91. The van der Waals surface area contributed by atoms with Crippen LogP contribution in [-0.4, -0.2) is 42.0 Å². The molecular formula is C17H28N2O2S. The molecule has 0 aliphatic carbocycles. The third kappa shape index (κ3) is 6.28. The van der Waals surface area contributed by atoms with Crippen molar-refractivity contribution in [3.05, 3.63) is 29.8 Å². The first-order valence-electron chi connectivity index (χ1n) is 7.68. The van der Waals surface area contributed by atoms with E-state index in [1.807, 2.05) is 18.7 Å². The standard InChI is InChI=1S/C17H28N2O2S/c1-5-10-19(16(21)18-12-17(2,3)13-20)11-14-6-8-15(22-4)9-7-14/h6-9,20H,5,10-13H2,1-4H3,(H,18,21). The van der Waals surface area contributed by atoms with Gasteiger partial charge in [0.25, 0.3) is 0 Å². The lowest BCUT2D eigenvalue weighted by molar-refractivity contribution is 0.149. The molecule has 0 heterocycles. The smallest absolute Gasteiger partial charge is 0.317 e. The van der Waals surface area contributed by atoms with Gasteiger partial charge in [-0.25, -0.2) is 4.79 Å². The van der Waals surface area contributed by atoms with E-state index in [-0.39, 0.29) is 18.1 Å². The zero-order valence-corrected chi connectivity index (χ0v) is 14.9. The average Bonchev–Trinajstić information content (AvgIpc) is 2.53. The van der Waals surface area contributed by atoms with Gasteiger partial charge in [0, 0.05) is 36.6 Å². The van der Waals surface area contributed by atoms with Crippen molar-refractivity contribution in [3.63, 3.8) is 0 Å². The number of urea groups is 1. The molecule has 0 bridgehead atoms. The number of aliphatic hydroxyl groups is 1. The lowest BCUT2D eigenvalue weighted by Gasteiger charge is -2.27. The van der Waals surface area contributed by atoms with Gasteiger partial charge in [0.15, 0.2) is 0 Å². The fourth-order valence-electron chi connectivity index (χ4n) is 1.96. The van der Waals surface area contributed by atoms with Gasteiger partial charge in [-0.05, 0) is 30.4 Å². The summed E-state index contributed by atoms with van der Waals surface area (Å²) in [5, 5.41) is 12.2. The molecule has 2 N–H and O–H groups in total. The highest BCUT2D eigenvalue weighted by Crippen LogP contribution is 2.16. The molecule has 0 atom stereocenters. The quantitative estimate of drug-likeness (QED) is 0.721. The van der Waals surface area contributed by atoms with Gasteiger partial charge in [0.05, 0.1) is 0 Å². The molecule has 1 aromatic carbocycles. The van der Waals surface area contributed by atoms with Crippen LogP contribution in [0.5, 0.6) is 0 Å². The Labute approximate surface area is 138 Å². The lowest BCUT2D eigenvalue weighted by atomic mass is 9.95. The van der Waals surface area contributed by atoms with Crippen LogP contribution in [0.2, 0.25) is 0 Å². The molecule has 0 spiro atoms. The van der Waals surface area contributed by atoms with Crippen molar-refractivity contribution < 1.29 is 9.90 Å². The van der Waals surface area contributed by atoms with Crippen LogP contribution in [0.4, 0.5) is 4.79 Å². The molecule has 0 aliphatic heterocycles. The normalized spacial score (nSPS) is 11.3. The number of amides is 2. The predicted octanol–water partition coefficient (Wildman–Crippen LogP) is 3.35. The summed E-state index contributed by atoms with van der Waals surface area (Å²) in [5.41, 5.74) is 0.830. The van der Waals surface area contributed by atoms with Gasteiger partial charge in [-0.3, -0.25) is 0 Å². The van der Waals surface area contributed by atoms with Crippen molar-refractivity contribution >= 4 is 17.8 Å². The molecule has 0 saturated carbocycles. The van der Waals surface area contributed by atoms with E-state index in [1.165, 1.54) is 4.90 Å². The Hall–Kier alpha value is -1.20. The number of nitrogens with one attached hydrogen (secondary N) is 1. The summed E-state index contributed by atoms with van der Waals surface area (Å²) in [6.07, 6.45) is 2.97. The first kappa shape index (κ1) is 18.8. The third-order valence-electron chi connectivity index (χ3n) is 3.46. The molecule has 5 heteroatoms. The molecule has 124 valence electrons. The van der Waals surface area contributed by atoms with Gasteiger partial charge in [-0.2, -0.15) is 0 Å². The second kappa shape index (κ2) is 9.06. The van der Waals surface area contributed by atoms with Crippen molar-refractivity contribution in [1.29, 1.82) is 0 Å². The first-order chi connectivity index (χ1) is 10.4. The molecule has 1 aromatic rings. The van der Waals surface area contributed by atoms with Crippen LogP contribution in [-0.2, 0) is 6.54 Å². The second-order valence-electron chi connectivity index (χ2n) is 6.25. The van der Waals surface area contributed by atoms with Crippen molar-refractivity contribution in [2.24, 2.45) is 5.41 Å². The SMILES string of the molecule is CCCN(Cc1ccc(SC)cc1)C(=O)NCC(C)(C)CO. The maximum Gasteiger partial charge on any atom is 0.317 e. The zero-order valence-electron chi connectivity index (χ0n) is 14.1. The molecule has 22 heavy (non-hydrogen) atoms. The number of benzene rings is 1. The largest absolute Gasteiger partial charge is 0.396 e. The van der Waals surface area contributed by atoms with Gasteiger partial charge >= 0.3 is 6.03 Å². The van der Waals surface area contributed by atoms with E-state index in [4.69, 9.17) is 0 Å². The summed E-state index contributed by atoms with van der Waals surface area (Å²) in [5.74, 6) is 0. The van der Waals surface area contributed by atoms with E-state index < -0.39 is 0 Å². The molecule has 0 unspecified atom stereocenters. The highest BCUT2D eigenvalue weighted by Gasteiger charge is 2.20. The van der Waals surface area contributed by atoms with Crippen LogP contribution in [0.3, 0.4) is 0 Å². The number of carbonyl (C=O) groups is 1. The maximum atomic E-state index is 12.4. The minimum atomic E-state index is -0.298. The molecule has 4 nitrogen and oxygen atoms in total. The van der Waals surface area contributed by atoms with E-state index in [0.29, 0.717) is 13.1 Å². The van der Waals surface area contributed by atoms with Gasteiger partial charge in [0.1, 0.15) is 0 Å². The van der Waals surface area contributed by atoms with Crippen LogP contribution in [0.1, 0.15) is 32.8 Å². The van der Waals surface area contributed by atoms with E-state index in [0.717, 1.165) is 18.5 Å². The summed E-state index contributed by atoms with van der Waals surface area (Å²) in [6, 6.07) is 8.23. The zero-order chi connectivity index (χ0) is 16.6. The minimum Gasteiger partial charge on any atom is -0.396 e. The summed E-state index contributed by atoms with van der Waals surface area (Å²) in [7, 11) is 0. The van der Waals surface area contributed by atoms with E-state index in [9.17, 15) is 9.90 Å².